The van der Waals surface area contributed by atoms with E-state index in [1.165, 1.54) is 6.08 Å². The number of carbonyl (C=O) groups excluding carboxylic acids is 1. The molecule has 0 bridgehead atoms. The average molecular weight is 404 g/mol. The number of carbonyl (C=O) groups is 1. The van der Waals surface area contributed by atoms with E-state index in [0.29, 0.717) is 29.3 Å². The summed E-state index contributed by atoms with van der Waals surface area (Å²) in [5.74, 6) is 0.204. The normalized spacial score (nSPS) is 15.1. The number of ether oxygens (including phenoxy) is 1. The first kappa shape index (κ1) is 19.4. The summed E-state index contributed by atoms with van der Waals surface area (Å²) in [6.45, 7) is 2.70. The third-order valence-corrected chi connectivity index (χ3v) is 4.70. The molecule has 0 aliphatic carbocycles. The zero-order chi connectivity index (χ0) is 21.1. The van der Waals surface area contributed by atoms with Crippen LogP contribution in [0.25, 0.3) is 11.6 Å². The van der Waals surface area contributed by atoms with Crippen molar-refractivity contribution in [3.8, 4) is 5.75 Å². The molecule has 152 valence electrons. The molecule has 0 saturated carbocycles. The molecule has 0 radical (unpaired) electrons. The lowest BCUT2D eigenvalue weighted by Gasteiger charge is -2.04. The molecule has 0 atom stereocenters. The second-order valence-electron chi connectivity index (χ2n) is 6.84. The molecule has 8 heteroatoms. The molecule has 8 nitrogen and oxygen atoms in total. The van der Waals surface area contributed by atoms with Crippen LogP contribution in [0.4, 0.5) is 5.69 Å². The lowest BCUT2D eigenvalue weighted by Crippen LogP contribution is -2.48. The van der Waals surface area contributed by atoms with Crippen LogP contribution < -0.4 is 31.9 Å². The summed E-state index contributed by atoms with van der Waals surface area (Å²) in [6.07, 6.45) is 5.03. The number of unbranched alkanes of at least 4 members (excludes halogenated alkanes) is 1. The maximum atomic E-state index is 12.6. The van der Waals surface area contributed by atoms with Gasteiger partial charge in [-0.25, -0.2) is 0 Å². The van der Waals surface area contributed by atoms with Gasteiger partial charge in [-0.15, -0.1) is 0 Å². The molecule has 1 aliphatic rings. The molecule has 30 heavy (non-hydrogen) atoms. The molecule has 3 aromatic rings. The Labute approximate surface area is 171 Å². The number of aromatic nitrogens is 3. The van der Waals surface area contributed by atoms with Gasteiger partial charge in [0.15, 0.2) is 0 Å². The van der Waals surface area contributed by atoms with Gasteiger partial charge in [-0.05, 0) is 30.7 Å². The first-order valence-electron chi connectivity index (χ1n) is 9.65. The number of anilines is 1. The summed E-state index contributed by atoms with van der Waals surface area (Å²) in [6, 6.07) is 10.4. The van der Waals surface area contributed by atoms with Crippen molar-refractivity contribution in [2.24, 2.45) is 0 Å². The molecular formula is C22H20N4O4. The van der Waals surface area contributed by atoms with Crippen molar-refractivity contribution in [3.63, 3.8) is 0 Å². The molecule has 1 aliphatic heterocycles. The van der Waals surface area contributed by atoms with Crippen molar-refractivity contribution >= 4 is 23.2 Å². The molecule has 1 aromatic carbocycles. The summed E-state index contributed by atoms with van der Waals surface area (Å²) < 4.78 is 5.56. The van der Waals surface area contributed by atoms with Gasteiger partial charge in [0.05, 0.1) is 24.1 Å². The summed E-state index contributed by atoms with van der Waals surface area (Å²) in [7, 11) is 0. The molecule has 1 amide bonds. The standard InChI is InChI=1S/C22H20N4O4/c1-2-3-10-30-14-9-8-13(23-12-14)11-17-20(27)26-19(22(29)25-17)18-15-6-4-5-7-16(15)24-21(18)28/h4-9,11-12H,2-3,10H2,1H3,(H,24,28)(H,25,29)(H,26,27)/b17-11?,19-18+. The highest BCUT2D eigenvalue weighted by molar-refractivity contribution is 6.31. The van der Waals surface area contributed by atoms with E-state index in [4.69, 9.17) is 4.74 Å². The lowest BCUT2D eigenvalue weighted by molar-refractivity contribution is -0.110. The second-order valence-corrected chi connectivity index (χ2v) is 6.84. The number of nitrogens with one attached hydrogen (secondary N) is 3. The summed E-state index contributed by atoms with van der Waals surface area (Å²) in [4.78, 5) is 46.9. The van der Waals surface area contributed by atoms with Crippen LogP contribution >= 0.6 is 0 Å². The van der Waals surface area contributed by atoms with Crippen molar-refractivity contribution in [1.29, 1.82) is 0 Å². The Morgan fingerprint density at radius 1 is 1.03 bits per heavy atom. The van der Waals surface area contributed by atoms with Crippen molar-refractivity contribution in [3.05, 3.63) is 85.3 Å². The summed E-state index contributed by atoms with van der Waals surface area (Å²) in [5, 5.41) is 2.66. The highest BCUT2D eigenvalue weighted by Gasteiger charge is 2.25. The Balaban J connectivity index is 1.73. The molecule has 3 heterocycles. The van der Waals surface area contributed by atoms with Crippen molar-refractivity contribution in [1.82, 2.24) is 15.0 Å². The number of aromatic amines is 2. The number of benzene rings is 1. The van der Waals surface area contributed by atoms with Gasteiger partial charge in [0.2, 0.25) is 0 Å². The maximum absolute atomic E-state index is 12.6. The summed E-state index contributed by atoms with van der Waals surface area (Å²) >= 11 is 0. The third kappa shape index (κ3) is 3.80. The Hall–Kier alpha value is -3.94. The third-order valence-electron chi connectivity index (χ3n) is 4.70. The molecule has 3 N–H and O–H groups in total. The van der Waals surface area contributed by atoms with Crippen molar-refractivity contribution < 1.29 is 9.53 Å². The number of para-hydroxylation sites is 1. The number of H-pyrrole nitrogens is 2. The first-order chi connectivity index (χ1) is 14.6. The Morgan fingerprint density at radius 3 is 2.63 bits per heavy atom. The van der Waals surface area contributed by atoms with Crippen LogP contribution in [-0.2, 0) is 4.79 Å². The molecular weight excluding hydrogens is 384 g/mol. The van der Waals surface area contributed by atoms with Gasteiger partial charge in [0, 0.05) is 11.3 Å². The van der Waals surface area contributed by atoms with E-state index in [1.807, 2.05) is 0 Å². The lowest BCUT2D eigenvalue weighted by atomic mass is 10.1. The minimum Gasteiger partial charge on any atom is -0.492 e. The molecule has 0 fully saturated rings. The monoisotopic (exact) mass is 404 g/mol. The van der Waals surface area contributed by atoms with E-state index >= 15 is 0 Å². The number of fused-ring (bicyclic) bond motifs is 1. The highest BCUT2D eigenvalue weighted by Crippen LogP contribution is 2.28. The van der Waals surface area contributed by atoms with Gasteiger partial charge in [-0.1, -0.05) is 31.5 Å². The van der Waals surface area contributed by atoms with Crippen LogP contribution in [0.5, 0.6) is 5.75 Å². The minimum absolute atomic E-state index is 0.0446. The van der Waals surface area contributed by atoms with Gasteiger partial charge < -0.3 is 20.0 Å². The number of hydrogen-bond acceptors (Lipinski definition) is 5. The molecule has 2 aromatic heterocycles. The van der Waals surface area contributed by atoms with E-state index in [9.17, 15) is 14.4 Å². The van der Waals surface area contributed by atoms with Crippen LogP contribution in [0, 0.1) is 0 Å². The van der Waals surface area contributed by atoms with Crippen molar-refractivity contribution in [2.75, 3.05) is 11.9 Å². The van der Waals surface area contributed by atoms with Gasteiger partial charge in [-0.3, -0.25) is 19.4 Å². The Morgan fingerprint density at radius 2 is 1.87 bits per heavy atom. The molecule has 0 unspecified atom stereocenters. The quantitative estimate of drug-likeness (QED) is 0.539. The maximum Gasteiger partial charge on any atom is 0.273 e. The van der Waals surface area contributed by atoms with Crippen LogP contribution in [0.1, 0.15) is 31.0 Å². The highest BCUT2D eigenvalue weighted by atomic mass is 16.5. The SMILES string of the molecule is CCCCOc1ccc(C=c2[nH]c(=O)/c(=C3\C(=O)Nc4ccccc43)[nH]c2=O)nc1. The topological polar surface area (TPSA) is 117 Å². The fraction of sp³-hybridized carbons (Fsp3) is 0.182. The first-order valence-corrected chi connectivity index (χ1v) is 9.65. The number of amides is 1. The predicted molar refractivity (Wildman–Crippen MR) is 113 cm³/mol. The van der Waals surface area contributed by atoms with Crippen LogP contribution in [0.15, 0.2) is 52.2 Å². The fourth-order valence-corrected chi connectivity index (χ4v) is 3.17. The van der Waals surface area contributed by atoms with Gasteiger partial charge >= 0.3 is 0 Å². The van der Waals surface area contributed by atoms with E-state index < -0.39 is 17.0 Å². The zero-order valence-electron chi connectivity index (χ0n) is 16.3. The van der Waals surface area contributed by atoms with E-state index in [1.54, 1.807) is 42.6 Å². The van der Waals surface area contributed by atoms with E-state index in [0.717, 1.165) is 12.8 Å². The Kier molecular flexibility index (Phi) is 5.30. The van der Waals surface area contributed by atoms with E-state index in [-0.39, 0.29) is 16.3 Å². The molecule has 4 rings (SSSR count). The van der Waals surface area contributed by atoms with Gasteiger partial charge in [-0.2, -0.15) is 0 Å². The number of nitrogens with zero attached hydrogens (tertiary/aromatic N) is 1. The molecule has 0 saturated heterocycles. The molecule has 0 spiro atoms. The number of rotatable bonds is 5. The summed E-state index contributed by atoms with van der Waals surface area (Å²) in [5.41, 5.74) is 0.701. The largest absolute Gasteiger partial charge is 0.492 e. The van der Waals surface area contributed by atoms with E-state index in [2.05, 4.69) is 27.2 Å². The number of pyridine rings is 1. The second kappa shape index (κ2) is 8.20. The Bertz CT molecular complexity index is 1340. The smallest absolute Gasteiger partial charge is 0.273 e. The predicted octanol–water partition coefficient (Wildman–Crippen LogP) is 0.617. The average Bonchev–Trinajstić information content (AvgIpc) is 3.07. The van der Waals surface area contributed by atoms with Gasteiger partial charge in [0.25, 0.3) is 17.0 Å². The zero-order valence-corrected chi connectivity index (χ0v) is 16.3. The fourth-order valence-electron chi connectivity index (χ4n) is 3.17. The van der Waals surface area contributed by atoms with Crippen LogP contribution in [0.3, 0.4) is 0 Å². The van der Waals surface area contributed by atoms with Gasteiger partial charge in [0.1, 0.15) is 16.4 Å². The minimum atomic E-state index is -0.567. The van der Waals surface area contributed by atoms with Crippen molar-refractivity contribution in [2.45, 2.75) is 19.8 Å². The van der Waals surface area contributed by atoms with Crippen LogP contribution in [0.2, 0.25) is 0 Å². The number of hydrogen-bond donors (Lipinski definition) is 3. The van der Waals surface area contributed by atoms with Crippen LogP contribution in [-0.4, -0.2) is 27.5 Å².